The van der Waals surface area contributed by atoms with Gasteiger partial charge in [-0.3, -0.25) is 4.79 Å². The maximum atomic E-state index is 13.1. The highest BCUT2D eigenvalue weighted by molar-refractivity contribution is 5.97. The molecule has 2 aliphatic rings. The Morgan fingerprint density at radius 2 is 2.16 bits per heavy atom. The number of carbonyl (C=O) groups excluding carboxylic acids is 1. The summed E-state index contributed by atoms with van der Waals surface area (Å²) in [6.07, 6.45) is 3.80. The molecule has 1 aromatic heterocycles. The van der Waals surface area contributed by atoms with E-state index in [1.165, 1.54) is 23.9 Å². The Hall–Kier alpha value is -2.41. The quantitative estimate of drug-likeness (QED) is 0.742. The van der Waals surface area contributed by atoms with E-state index >= 15 is 0 Å². The van der Waals surface area contributed by atoms with Gasteiger partial charge in [-0.2, -0.15) is 5.10 Å². The minimum Gasteiger partial charge on any atom is -0.369 e. The Labute approximate surface area is 145 Å². The van der Waals surface area contributed by atoms with Crippen LogP contribution in [-0.4, -0.2) is 35.3 Å². The highest BCUT2D eigenvalue weighted by Crippen LogP contribution is 2.47. The van der Waals surface area contributed by atoms with E-state index in [2.05, 4.69) is 15.7 Å². The molecule has 0 radical (unpaired) electrons. The van der Waals surface area contributed by atoms with Crippen molar-refractivity contribution in [2.45, 2.75) is 24.8 Å². The van der Waals surface area contributed by atoms with Crippen LogP contribution in [0.25, 0.3) is 0 Å². The molecule has 25 heavy (non-hydrogen) atoms. The second kappa shape index (κ2) is 6.15. The average Bonchev–Trinajstić information content (AvgIpc) is 3.26. The van der Waals surface area contributed by atoms with Gasteiger partial charge in [-0.05, 0) is 30.5 Å². The number of nitrogens with one attached hydrogen (secondary N) is 2. The molecule has 1 aliphatic heterocycles. The average molecular weight is 343 g/mol. The number of hydrogen-bond acceptors (Lipinski definition) is 4. The van der Waals surface area contributed by atoms with Crippen LogP contribution in [0.5, 0.6) is 0 Å². The maximum absolute atomic E-state index is 13.1. The molecule has 6 nitrogen and oxygen atoms in total. The van der Waals surface area contributed by atoms with E-state index in [1.54, 1.807) is 0 Å². The monoisotopic (exact) mass is 343 g/mol. The van der Waals surface area contributed by atoms with Crippen LogP contribution in [0.1, 0.15) is 28.8 Å². The van der Waals surface area contributed by atoms with Crippen molar-refractivity contribution in [3.8, 4) is 0 Å². The number of rotatable bonds is 6. The lowest BCUT2D eigenvalue weighted by Gasteiger charge is -2.26. The summed E-state index contributed by atoms with van der Waals surface area (Å²) in [6.45, 7) is 3.30. The summed E-state index contributed by atoms with van der Waals surface area (Å²) >= 11 is 0. The zero-order chi connectivity index (χ0) is 17.4. The summed E-state index contributed by atoms with van der Waals surface area (Å²) in [4.78, 5) is 11.4. The molecule has 1 atom stereocenters. The zero-order valence-electron chi connectivity index (χ0n) is 14.0. The number of fused-ring (bicyclic) bond motifs is 1. The number of hydrogen-bond donors (Lipinski definition) is 3. The fourth-order valence-corrected chi connectivity index (χ4v) is 3.61. The van der Waals surface area contributed by atoms with Crippen LogP contribution in [0.2, 0.25) is 0 Å². The Kier molecular flexibility index (Phi) is 3.95. The maximum Gasteiger partial charge on any atom is 0.254 e. The SMILES string of the molecule is NC(=O)c1cnn2c1NCC(CNCC1(c3ccc(F)cc3)CC1)C2. The lowest BCUT2D eigenvalue weighted by Crippen LogP contribution is -2.38. The summed E-state index contributed by atoms with van der Waals surface area (Å²) in [7, 11) is 0. The topological polar surface area (TPSA) is 85.0 Å². The molecule has 2 heterocycles. The Balaban J connectivity index is 1.32. The van der Waals surface area contributed by atoms with Crippen molar-refractivity contribution in [2.75, 3.05) is 25.0 Å². The van der Waals surface area contributed by atoms with Gasteiger partial charge in [0.2, 0.25) is 0 Å². The lowest BCUT2D eigenvalue weighted by molar-refractivity contribution is 0.100. The molecule has 7 heteroatoms. The molecule has 1 fully saturated rings. The van der Waals surface area contributed by atoms with Crippen LogP contribution in [0, 0.1) is 11.7 Å². The van der Waals surface area contributed by atoms with Gasteiger partial charge in [0.05, 0.1) is 6.20 Å². The Morgan fingerprint density at radius 3 is 2.84 bits per heavy atom. The first kappa shape index (κ1) is 16.1. The van der Waals surface area contributed by atoms with Crippen molar-refractivity contribution in [2.24, 2.45) is 11.7 Å². The molecule has 0 bridgehead atoms. The summed E-state index contributed by atoms with van der Waals surface area (Å²) in [6, 6.07) is 6.87. The van der Waals surface area contributed by atoms with Crippen LogP contribution in [-0.2, 0) is 12.0 Å². The minimum atomic E-state index is -0.458. The standard InChI is InChI=1S/C18H22FN5O/c19-14-3-1-13(2-4-14)18(5-6-18)11-21-7-12-8-22-17-15(16(20)25)9-23-24(17)10-12/h1-4,9,12,21-22H,5-8,10-11H2,(H2,20,25). The van der Waals surface area contributed by atoms with Crippen molar-refractivity contribution < 1.29 is 9.18 Å². The molecule has 1 unspecified atom stereocenters. The van der Waals surface area contributed by atoms with Gasteiger partial charge in [0.25, 0.3) is 5.91 Å². The molecular weight excluding hydrogens is 321 g/mol. The second-order valence-electron chi connectivity index (χ2n) is 7.12. The van der Waals surface area contributed by atoms with Gasteiger partial charge in [0.1, 0.15) is 17.2 Å². The van der Waals surface area contributed by atoms with Gasteiger partial charge in [0.15, 0.2) is 0 Å². The number of halogens is 1. The Morgan fingerprint density at radius 1 is 1.40 bits per heavy atom. The van der Waals surface area contributed by atoms with Crippen molar-refractivity contribution in [3.05, 3.63) is 47.4 Å². The highest BCUT2D eigenvalue weighted by atomic mass is 19.1. The van der Waals surface area contributed by atoms with Gasteiger partial charge in [-0.15, -0.1) is 0 Å². The molecule has 132 valence electrons. The lowest BCUT2D eigenvalue weighted by atomic mass is 9.95. The first-order valence-electron chi connectivity index (χ1n) is 8.64. The van der Waals surface area contributed by atoms with Crippen molar-refractivity contribution in [1.29, 1.82) is 0 Å². The largest absolute Gasteiger partial charge is 0.369 e. The van der Waals surface area contributed by atoms with Crippen molar-refractivity contribution in [1.82, 2.24) is 15.1 Å². The van der Waals surface area contributed by atoms with E-state index in [0.29, 0.717) is 17.3 Å². The molecule has 1 amide bonds. The second-order valence-corrected chi connectivity index (χ2v) is 7.12. The van der Waals surface area contributed by atoms with Gasteiger partial charge in [0, 0.05) is 37.5 Å². The van der Waals surface area contributed by atoms with Gasteiger partial charge in [-0.1, -0.05) is 12.1 Å². The number of carbonyl (C=O) groups is 1. The van der Waals surface area contributed by atoms with E-state index in [4.69, 9.17) is 5.73 Å². The van der Waals surface area contributed by atoms with Crippen LogP contribution in [0.15, 0.2) is 30.5 Å². The minimum absolute atomic E-state index is 0.159. The van der Waals surface area contributed by atoms with E-state index in [0.717, 1.165) is 39.0 Å². The number of aromatic nitrogens is 2. The summed E-state index contributed by atoms with van der Waals surface area (Å²) in [5.41, 5.74) is 7.16. The third kappa shape index (κ3) is 3.11. The van der Waals surface area contributed by atoms with Crippen molar-refractivity contribution >= 4 is 11.7 Å². The third-order valence-electron chi connectivity index (χ3n) is 5.30. The summed E-state index contributed by atoms with van der Waals surface area (Å²) in [5, 5.41) is 11.1. The molecule has 1 aliphatic carbocycles. The fraction of sp³-hybridized carbons (Fsp3) is 0.444. The van der Waals surface area contributed by atoms with Crippen LogP contribution < -0.4 is 16.4 Å². The van der Waals surface area contributed by atoms with Gasteiger partial charge >= 0.3 is 0 Å². The molecule has 2 aromatic rings. The first-order chi connectivity index (χ1) is 12.1. The van der Waals surface area contributed by atoms with E-state index in [-0.39, 0.29) is 11.2 Å². The molecule has 1 aromatic carbocycles. The summed E-state index contributed by atoms with van der Waals surface area (Å²) < 4.78 is 14.9. The fourth-order valence-electron chi connectivity index (χ4n) is 3.61. The highest BCUT2D eigenvalue weighted by Gasteiger charge is 2.43. The number of benzene rings is 1. The van der Waals surface area contributed by atoms with E-state index in [9.17, 15) is 9.18 Å². The molecule has 4 N–H and O–H groups in total. The molecular formula is C18H22FN5O. The molecule has 1 saturated carbocycles. The van der Waals surface area contributed by atoms with Gasteiger partial charge < -0.3 is 16.4 Å². The summed E-state index contributed by atoms with van der Waals surface area (Å²) in [5.74, 6) is 0.456. The zero-order valence-corrected chi connectivity index (χ0v) is 14.0. The van der Waals surface area contributed by atoms with E-state index in [1.807, 2.05) is 16.8 Å². The normalized spacial score (nSPS) is 20.6. The van der Waals surface area contributed by atoms with Crippen LogP contribution in [0.3, 0.4) is 0 Å². The van der Waals surface area contributed by atoms with Crippen molar-refractivity contribution in [3.63, 3.8) is 0 Å². The molecule has 4 rings (SSSR count). The van der Waals surface area contributed by atoms with Gasteiger partial charge in [-0.25, -0.2) is 9.07 Å². The number of nitrogens with zero attached hydrogens (tertiary/aromatic N) is 2. The Bertz CT molecular complexity index is 781. The third-order valence-corrected chi connectivity index (χ3v) is 5.30. The first-order valence-corrected chi connectivity index (χ1v) is 8.64. The van der Waals surface area contributed by atoms with E-state index < -0.39 is 5.91 Å². The molecule has 0 saturated heterocycles. The number of primary amides is 1. The predicted molar refractivity (Wildman–Crippen MR) is 92.9 cm³/mol. The van der Waals surface area contributed by atoms with Crippen LogP contribution in [0.4, 0.5) is 10.2 Å². The predicted octanol–water partition coefficient (Wildman–Crippen LogP) is 1.48. The number of nitrogens with two attached hydrogens (primary N) is 1. The van der Waals surface area contributed by atoms with Crippen LogP contribution >= 0.6 is 0 Å². The number of amides is 1. The number of anilines is 1. The molecule has 0 spiro atoms. The smallest absolute Gasteiger partial charge is 0.254 e.